The van der Waals surface area contributed by atoms with E-state index in [1.807, 2.05) is 6.92 Å². The third-order valence-electron chi connectivity index (χ3n) is 5.10. The first kappa shape index (κ1) is 12.8. The van der Waals surface area contributed by atoms with Gasteiger partial charge in [-0.1, -0.05) is 6.07 Å². The van der Waals surface area contributed by atoms with E-state index in [0.717, 1.165) is 6.54 Å². The summed E-state index contributed by atoms with van der Waals surface area (Å²) in [6.07, 6.45) is 2.59. The van der Waals surface area contributed by atoms with Gasteiger partial charge in [0, 0.05) is 17.5 Å². The molecule has 0 radical (unpaired) electrons. The Bertz CT molecular complexity index is 495. The molecule has 0 aromatic carbocycles. The smallest absolute Gasteiger partial charge is 0.241 e. The summed E-state index contributed by atoms with van der Waals surface area (Å²) in [6, 6.07) is 4.55. The van der Waals surface area contributed by atoms with Gasteiger partial charge in [-0.15, -0.1) is 11.3 Å². The number of nitrogens with zero attached hydrogens (tertiary/aromatic N) is 2. The monoisotopic (exact) mass is 291 g/mol. The van der Waals surface area contributed by atoms with Crippen LogP contribution in [0.15, 0.2) is 17.5 Å². The van der Waals surface area contributed by atoms with Gasteiger partial charge in [0.05, 0.1) is 6.04 Å². The molecular formula is C15H21N3OS. The first-order valence-corrected chi connectivity index (χ1v) is 8.46. The molecule has 4 fully saturated rings. The average Bonchev–Trinajstić information content (AvgIpc) is 3.10. The zero-order valence-electron chi connectivity index (χ0n) is 11.8. The van der Waals surface area contributed by atoms with Gasteiger partial charge in [-0.05, 0) is 50.2 Å². The number of hydrogen-bond acceptors (Lipinski definition) is 4. The molecule has 108 valence electrons. The van der Waals surface area contributed by atoms with Crippen molar-refractivity contribution < 1.29 is 4.79 Å². The number of carbonyl (C=O) groups excluding carboxylic acids is 1. The molecule has 1 aromatic rings. The topological polar surface area (TPSA) is 35.6 Å². The minimum absolute atomic E-state index is 0.0578. The molecule has 2 bridgehead atoms. The van der Waals surface area contributed by atoms with E-state index < -0.39 is 0 Å². The SMILES string of the molecule is CC1NC(c2cccs2)N(C2CN3CCC2CC3)C1=O. The average molecular weight is 291 g/mol. The second kappa shape index (κ2) is 4.83. The number of fused-ring (bicyclic) bond motifs is 3. The number of rotatable bonds is 2. The highest BCUT2D eigenvalue weighted by Gasteiger charge is 2.47. The summed E-state index contributed by atoms with van der Waals surface area (Å²) >= 11 is 1.74. The molecule has 3 unspecified atom stereocenters. The van der Waals surface area contributed by atoms with Crippen LogP contribution in [0, 0.1) is 5.92 Å². The Balaban J connectivity index is 1.65. The minimum Gasteiger partial charge on any atom is -0.316 e. The lowest BCUT2D eigenvalue weighted by atomic mass is 9.83. The number of nitrogens with one attached hydrogen (secondary N) is 1. The van der Waals surface area contributed by atoms with Crippen molar-refractivity contribution in [3.05, 3.63) is 22.4 Å². The molecule has 0 saturated carbocycles. The standard InChI is InChI=1S/C15H21N3OS/c1-10-15(19)18(14(16-10)13-3-2-8-20-13)12-9-17-6-4-11(12)5-7-17/h2-3,8,10-12,14,16H,4-7,9H2,1H3. The van der Waals surface area contributed by atoms with E-state index in [-0.39, 0.29) is 18.1 Å². The summed E-state index contributed by atoms with van der Waals surface area (Å²) in [4.78, 5) is 18.6. The summed E-state index contributed by atoms with van der Waals surface area (Å²) in [6.45, 7) is 5.49. The van der Waals surface area contributed by atoms with E-state index in [2.05, 4.69) is 32.6 Å². The maximum absolute atomic E-state index is 12.6. The van der Waals surface area contributed by atoms with Crippen LogP contribution in [0.2, 0.25) is 0 Å². The summed E-state index contributed by atoms with van der Waals surface area (Å²) in [5, 5.41) is 5.58. The first-order chi connectivity index (χ1) is 9.74. The van der Waals surface area contributed by atoms with Crippen molar-refractivity contribution in [3.8, 4) is 0 Å². The van der Waals surface area contributed by atoms with Crippen LogP contribution in [0.1, 0.15) is 30.8 Å². The van der Waals surface area contributed by atoms with Crippen LogP contribution < -0.4 is 5.32 Å². The van der Waals surface area contributed by atoms with Crippen molar-refractivity contribution in [2.45, 2.75) is 38.0 Å². The third kappa shape index (κ3) is 1.91. The highest BCUT2D eigenvalue weighted by molar-refractivity contribution is 7.10. The van der Waals surface area contributed by atoms with Crippen LogP contribution in [0.4, 0.5) is 0 Å². The number of carbonyl (C=O) groups is 1. The van der Waals surface area contributed by atoms with Crippen LogP contribution >= 0.6 is 11.3 Å². The van der Waals surface area contributed by atoms with Gasteiger partial charge in [-0.3, -0.25) is 10.1 Å². The Morgan fingerprint density at radius 1 is 1.35 bits per heavy atom. The van der Waals surface area contributed by atoms with Gasteiger partial charge in [0.2, 0.25) is 5.91 Å². The molecule has 5 heterocycles. The van der Waals surface area contributed by atoms with E-state index in [1.54, 1.807) is 11.3 Å². The molecule has 4 saturated heterocycles. The van der Waals surface area contributed by atoms with Gasteiger partial charge < -0.3 is 9.80 Å². The van der Waals surface area contributed by atoms with E-state index in [9.17, 15) is 4.79 Å². The van der Waals surface area contributed by atoms with E-state index >= 15 is 0 Å². The van der Waals surface area contributed by atoms with Crippen LogP contribution in [0.5, 0.6) is 0 Å². The normalized spacial score (nSPS) is 40.5. The Morgan fingerprint density at radius 2 is 2.15 bits per heavy atom. The Morgan fingerprint density at radius 3 is 2.75 bits per heavy atom. The molecule has 1 N–H and O–H groups in total. The molecule has 0 spiro atoms. The number of piperidine rings is 3. The van der Waals surface area contributed by atoms with Gasteiger partial charge in [0.15, 0.2) is 0 Å². The van der Waals surface area contributed by atoms with Crippen molar-refractivity contribution in [2.24, 2.45) is 5.92 Å². The lowest BCUT2D eigenvalue weighted by molar-refractivity contribution is -0.136. The summed E-state index contributed by atoms with van der Waals surface area (Å²) < 4.78 is 0. The van der Waals surface area contributed by atoms with E-state index in [0.29, 0.717) is 12.0 Å². The van der Waals surface area contributed by atoms with Crippen LogP contribution in [-0.4, -0.2) is 47.4 Å². The van der Waals surface area contributed by atoms with Crippen LogP contribution in [-0.2, 0) is 4.79 Å². The van der Waals surface area contributed by atoms with Crippen molar-refractivity contribution >= 4 is 17.2 Å². The third-order valence-corrected chi connectivity index (χ3v) is 6.03. The zero-order valence-corrected chi connectivity index (χ0v) is 12.6. The predicted octanol–water partition coefficient (Wildman–Crippen LogP) is 1.66. The molecule has 4 aliphatic heterocycles. The quantitative estimate of drug-likeness (QED) is 0.900. The highest BCUT2D eigenvalue weighted by atomic mass is 32.1. The maximum atomic E-state index is 12.6. The van der Waals surface area contributed by atoms with Crippen LogP contribution in [0.25, 0.3) is 0 Å². The fraction of sp³-hybridized carbons (Fsp3) is 0.667. The highest BCUT2D eigenvalue weighted by Crippen LogP contribution is 2.38. The molecule has 5 heteroatoms. The Hall–Kier alpha value is -0.910. The van der Waals surface area contributed by atoms with Gasteiger partial charge >= 0.3 is 0 Å². The summed E-state index contributed by atoms with van der Waals surface area (Å²) in [7, 11) is 0. The Kier molecular flexibility index (Phi) is 3.09. The second-order valence-electron chi connectivity index (χ2n) is 6.26. The first-order valence-electron chi connectivity index (χ1n) is 7.58. The molecule has 1 amide bonds. The van der Waals surface area contributed by atoms with Gasteiger partial charge in [-0.25, -0.2) is 0 Å². The van der Waals surface area contributed by atoms with Crippen molar-refractivity contribution in [1.82, 2.24) is 15.1 Å². The van der Waals surface area contributed by atoms with Gasteiger partial charge in [0.1, 0.15) is 6.17 Å². The van der Waals surface area contributed by atoms with Crippen molar-refractivity contribution in [2.75, 3.05) is 19.6 Å². The number of hydrogen-bond donors (Lipinski definition) is 1. The van der Waals surface area contributed by atoms with Gasteiger partial charge in [0.25, 0.3) is 0 Å². The predicted molar refractivity (Wildman–Crippen MR) is 79.5 cm³/mol. The molecule has 20 heavy (non-hydrogen) atoms. The lowest BCUT2D eigenvalue weighted by Gasteiger charge is -2.49. The molecule has 0 aliphatic carbocycles. The van der Waals surface area contributed by atoms with Gasteiger partial charge in [-0.2, -0.15) is 0 Å². The fourth-order valence-electron chi connectivity index (χ4n) is 4.01. The fourth-order valence-corrected chi connectivity index (χ4v) is 4.79. The zero-order chi connectivity index (χ0) is 13.7. The molecule has 5 rings (SSSR count). The summed E-state index contributed by atoms with van der Waals surface area (Å²) in [5.74, 6) is 0.973. The number of amides is 1. The lowest BCUT2D eigenvalue weighted by Crippen LogP contribution is -2.58. The minimum atomic E-state index is -0.0578. The molecule has 4 aliphatic rings. The Labute approximate surface area is 123 Å². The largest absolute Gasteiger partial charge is 0.316 e. The van der Waals surface area contributed by atoms with E-state index in [1.165, 1.54) is 30.8 Å². The molecule has 4 nitrogen and oxygen atoms in total. The molecule has 3 atom stereocenters. The van der Waals surface area contributed by atoms with Crippen molar-refractivity contribution in [3.63, 3.8) is 0 Å². The van der Waals surface area contributed by atoms with Crippen molar-refractivity contribution in [1.29, 1.82) is 0 Å². The van der Waals surface area contributed by atoms with E-state index in [4.69, 9.17) is 0 Å². The molecular weight excluding hydrogens is 270 g/mol. The molecule has 1 aromatic heterocycles. The summed E-state index contributed by atoms with van der Waals surface area (Å²) in [5.41, 5.74) is 0. The number of thiophene rings is 1. The maximum Gasteiger partial charge on any atom is 0.241 e. The second-order valence-corrected chi connectivity index (χ2v) is 7.24. The van der Waals surface area contributed by atoms with Crippen LogP contribution in [0.3, 0.4) is 0 Å².